The molecular weight excluding hydrogens is 240 g/mol. The van der Waals surface area contributed by atoms with Gasteiger partial charge in [0, 0.05) is 26.2 Å². The molecule has 0 amide bonds. The fourth-order valence-corrected chi connectivity index (χ4v) is 2.18. The van der Waals surface area contributed by atoms with Crippen molar-refractivity contribution in [3.8, 4) is 0 Å². The van der Waals surface area contributed by atoms with Crippen molar-refractivity contribution in [3.05, 3.63) is 0 Å². The number of hydrogen-bond donors (Lipinski definition) is 3. The van der Waals surface area contributed by atoms with Gasteiger partial charge in [-0.15, -0.1) is 0 Å². The molecule has 1 saturated heterocycles. The second-order valence-electron chi connectivity index (χ2n) is 5.80. The SMILES string of the molecule is CC(C)CCNC(N)=NCCCN1CCC(O)CC1. The van der Waals surface area contributed by atoms with Gasteiger partial charge in [-0.1, -0.05) is 13.8 Å². The van der Waals surface area contributed by atoms with Crippen molar-refractivity contribution < 1.29 is 5.11 Å². The smallest absolute Gasteiger partial charge is 0.188 e. The molecule has 5 heteroatoms. The lowest BCUT2D eigenvalue weighted by Gasteiger charge is -2.29. The Labute approximate surface area is 117 Å². The number of aliphatic hydroxyl groups is 1. The predicted molar refractivity (Wildman–Crippen MR) is 80.2 cm³/mol. The number of aliphatic imine (C=N–C) groups is 1. The molecule has 1 rings (SSSR count). The maximum Gasteiger partial charge on any atom is 0.188 e. The van der Waals surface area contributed by atoms with E-state index in [0.717, 1.165) is 58.4 Å². The highest BCUT2D eigenvalue weighted by Crippen LogP contribution is 2.09. The third-order valence-electron chi connectivity index (χ3n) is 3.50. The number of nitrogens with two attached hydrogens (primary N) is 1. The van der Waals surface area contributed by atoms with Crippen LogP contribution in [0, 0.1) is 5.92 Å². The molecule has 19 heavy (non-hydrogen) atoms. The van der Waals surface area contributed by atoms with Crippen molar-refractivity contribution in [2.24, 2.45) is 16.6 Å². The van der Waals surface area contributed by atoms with E-state index in [1.165, 1.54) is 0 Å². The van der Waals surface area contributed by atoms with Crippen LogP contribution in [0.15, 0.2) is 4.99 Å². The molecule has 112 valence electrons. The van der Waals surface area contributed by atoms with Crippen LogP contribution >= 0.6 is 0 Å². The average Bonchev–Trinajstić information content (AvgIpc) is 2.36. The zero-order chi connectivity index (χ0) is 14.1. The maximum absolute atomic E-state index is 9.42. The number of piperidine rings is 1. The lowest BCUT2D eigenvalue weighted by molar-refractivity contribution is 0.0824. The number of likely N-dealkylation sites (tertiary alicyclic amines) is 1. The number of guanidine groups is 1. The molecule has 0 unspecified atom stereocenters. The topological polar surface area (TPSA) is 73.9 Å². The van der Waals surface area contributed by atoms with Crippen LogP contribution in [0.25, 0.3) is 0 Å². The summed E-state index contributed by atoms with van der Waals surface area (Å²) in [4.78, 5) is 6.72. The summed E-state index contributed by atoms with van der Waals surface area (Å²) in [6, 6.07) is 0. The first-order valence-corrected chi connectivity index (χ1v) is 7.52. The van der Waals surface area contributed by atoms with Crippen molar-refractivity contribution in [2.75, 3.05) is 32.7 Å². The standard InChI is InChI=1S/C14H30N4O/c1-12(2)4-8-17-14(15)16-7-3-9-18-10-5-13(19)6-11-18/h12-13,19H,3-11H2,1-2H3,(H3,15,16,17). The van der Waals surface area contributed by atoms with Crippen molar-refractivity contribution in [2.45, 2.75) is 45.6 Å². The summed E-state index contributed by atoms with van der Waals surface area (Å²) in [7, 11) is 0. The third-order valence-corrected chi connectivity index (χ3v) is 3.50. The molecule has 0 aromatic carbocycles. The fraction of sp³-hybridized carbons (Fsp3) is 0.929. The Bertz CT molecular complexity index is 260. The number of hydrogen-bond acceptors (Lipinski definition) is 3. The van der Waals surface area contributed by atoms with Gasteiger partial charge >= 0.3 is 0 Å². The summed E-state index contributed by atoms with van der Waals surface area (Å²) in [5, 5.41) is 12.6. The molecule has 0 radical (unpaired) electrons. The van der Waals surface area contributed by atoms with Crippen molar-refractivity contribution in [3.63, 3.8) is 0 Å². The summed E-state index contributed by atoms with van der Waals surface area (Å²) in [5.41, 5.74) is 5.79. The van der Waals surface area contributed by atoms with Gasteiger partial charge < -0.3 is 21.1 Å². The highest BCUT2D eigenvalue weighted by atomic mass is 16.3. The summed E-state index contributed by atoms with van der Waals surface area (Å²) in [6.07, 6.45) is 3.87. The maximum atomic E-state index is 9.42. The van der Waals surface area contributed by atoms with Crippen molar-refractivity contribution in [1.29, 1.82) is 0 Å². The van der Waals surface area contributed by atoms with E-state index in [-0.39, 0.29) is 6.10 Å². The van der Waals surface area contributed by atoms with Gasteiger partial charge in [0.2, 0.25) is 0 Å². The molecule has 0 aliphatic carbocycles. The van der Waals surface area contributed by atoms with Crippen LogP contribution in [0.2, 0.25) is 0 Å². The van der Waals surface area contributed by atoms with Gasteiger partial charge in [0.1, 0.15) is 0 Å². The van der Waals surface area contributed by atoms with E-state index >= 15 is 0 Å². The van der Waals surface area contributed by atoms with Gasteiger partial charge in [-0.05, 0) is 38.1 Å². The van der Waals surface area contributed by atoms with Crippen molar-refractivity contribution >= 4 is 5.96 Å². The molecule has 0 aromatic rings. The van der Waals surface area contributed by atoms with E-state index in [9.17, 15) is 5.11 Å². The van der Waals surface area contributed by atoms with Gasteiger partial charge in [-0.3, -0.25) is 4.99 Å². The van der Waals surface area contributed by atoms with E-state index in [2.05, 4.69) is 29.1 Å². The van der Waals surface area contributed by atoms with E-state index in [1.54, 1.807) is 0 Å². The highest BCUT2D eigenvalue weighted by Gasteiger charge is 2.15. The van der Waals surface area contributed by atoms with Crippen LogP contribution in [0.3, 0.4) is 0 Å². The number of aliphatic hydroxyl groups excluding tert-OH is 1. The van der Waals surface area contributed by atoms with Gasteiger partial charge in [0.25, 0.3) is 0 Å². The highest BCUT2D eigenvalue weighted by molar-refractivity contribution is 5.77. The Morgan fingerprint density at radius 1 is 1.42 bits per heavy atom. The molecular formula is C14H30N4O. The van der Waals surface area contributed by atoms with E-state index in [1.807, 2.05) is 0 Å². The summed E-state index contributed by atoms with van der Waals surface area (Å²) in [6.45, 7) is 9.14. The lowest BCUT2D eigenvalue weighted by Crippen LogP contribution is -2.37. The molecule has 0 bridgehead atoms. The Morgan fingerprint density at radius 3 is 2.74 bits per heavy atom. The molecule has 4 N–H and O–H groups in total. The number of rotatable bonds is 7. The Balaban J connectivity index is 2.02. The molecule has 1 aliphatic rings. The third kappa shape index (κ3) is 8.06. The minimum atomic E-state index is -0.0879. The normalized spacial score (nSPS) is 19.1. The summed E-state index contributed by atoms with van der Waals surface area (Å²) < 4.78 is 0. The van der Waals surface area contributed by atoms with Crippen LogP contribution in [-0.2, 0) is 0 Å². The lowest BCUT2D eigenvalue weighted by atomic mass is 10.1. The molecule has 1 fully saturated rings. The summed E-state index contributed by atoms with van der Waals surface area (Å²) in [5.74, 6) is 1.25. The largest absolute Gasteiger partial charge is 0.393 e. The zero-order valence-corrected chi connectivity index (χ0v) is 12.4. The number of nitrogens with one attached hydrogen (secondary N) is 1. The van der Waals surface area contributed by atoms with Crippen molar-refractivity contribution in [1.82, 2.24) is 10.2 Å². The first kappa shape index (κ1) is 16.2. The molecule has 0 spiro atoms. The van der Waals surface area contributed by atoms with Crippen LogP contribution in [0.4, 0.5) is 0 Å². The predicted octanol–water partition coefficient (Wildman–Crippen LogP) is 0.784. The Kier molecular flexibility index (Phi) is 7.82. The van der Waals surface area contributed by atoms with Crippen LogP contribution in [0.1, 0.15) is 39.5 Å². The molecule has 5 nitrogen and oxygen atoms in total. The van der Waals surface area contributed by atoms with Gasteiger partial charge in [0.05, 0.1) is 6.10 Å². The summed E-state index contributed by atoms with van der Waals surface area (Å²) >= 11 is 0. The molecule has 1 aliphatic heterocycles. The molecule has 0 atom stereocenters. The fourth-order valence-electron chi connectivity index (χ4n) is 2.18. The molecule has 0 aromatic heterocycles. The Morgan fingerprint density at radius 2 is 2.11 bits per heavy atom. The first-order chi connectivity index (χ1) is 9.08. The van der Waals surface area contributed by atoms with E-state index < -0.39 is 0 Å². The Hall–Kier alpha value is -0.810. The second kappa shape index (κ2) is 9.15. The second-order valence-corrected chi connectivity index (χ2v) is 5.80. The first-order valence-electron chi connectivity index (χ1n) is 7.52. The zero-order valence-electron chi connectivity index (χ0n) is 12.4. The minimum Gasteiger partial charge on any atom is -0.393 e. The monoisotopic (exact) mass is 270 g/mol. The van der Waals surface area contributed by atoms with Gasteiger partial charge in [-0.25, -0.2) is 0 Å². The van der Waals surface area contributed by atoms with Crippen LogP contribution in [0.5, 0.6) is 0 Å². The minimum absolute atomic E-state index is 0.0879. The van der Waals surface area contributed by atoms with E-state index in [4.69, 9.17) is 5.73 Å². The van der Waals surface area contributed by atoms with Crippen LogP contribution < -0.4 is 11.1 Å². The van der Waals surface area contributed by atoms with Gasteiger partial charge in [0.15, 0.2) is 5.96 Å². The molecule has 0 saturated carbocycles. The van der Waals surface area contributed by atoms with E-state index in [0.29, 0.717) is 11.9 Å². The average molecular weight is 270 g/mol. The number of nitrogens with zero attached hydrogens (tertiary/aromatic N) is 2. The van der Waals surface area contributed by atoms with Gasteiger partial charge in [-0.2, -0.15) is 0 Å². The molecule has 1 heterocycles. The quantitative estimate of drug-likeness (QED) is 0.363. The van der Waals surface area contributed by atoms with Crippen LogP contribution in [-0.4, -0.2) is 54.8 Å².